The molecular weight excluding hydrogens is 372 g/mol. The summed E-state index contributed by atoms with van der Waals surface area (Å²) in [6.45, 7) is 0. The summed E-state index contributed by atoms with van der Waals surface area (Å²) in [7, 11) is 0. The molecule has 0 saturated heterocycles. The van der Waals surface area contributed by atoms with Gasteiger partial charge in [0.05, 0.1) is 33.4 Å². The van der Waals surface area contributed by atoms with Crippen LogP contribution in [0, 0.1) is 20.2 Å². The first-order valence-electron chi connectivity index (χ1n) is 8.58. The highest BCUT2D eigenvalue weighted by Crippen LogP contribution is 2.26. The van der Waals surface area contributed by atoms with Gasteiger partial charge in [0.25, 0.3) is 11.4 Å². The van der Waals surface area contributed by atoms with Crippen molar-refractivity contribution in [1.29, 1.82) is 0 Å². The van der Waals surface area contributed by atoms with Gasteiger partial charge in [-0.1, -0.05) is 48.5 Å². The van der Waals surface area contributed by atoms with Gasteiger partial charge in [0, 0.05) is 11.6 Å². The lowest BCUT2D eigenvalue weighted by Crippen LogP contribution is -1.95. The highest BCUT2D eigenvalue weighted by molar-refractivity contribution is 5.88. The molecule has 0 atom stereocenters. The second kappa shape index (κ2) is 9.05. The van der Waals surface area contributed by atoms with Crippen molar-refractivity contribution < 1.29 is 9.85 Å². The van der Waals surface area contributed by atoms with Crippen LogP contribution < -0.4 is 5.43 Å². The van der Waals surface area contributed by atoms with E-state index in [1.807, 2.05) is 54.6 Å². The van der Waals surface area contributed by atoms with Gasteiger partial charge in [0.15, 0.2) is 0 Å². The minimum Gasteiger partial charge on any atom is -0.279 e. The number of hydrogen-bond donors (Lipinski definition) is 1. The Kier molecular flexibility index (Phi) is 6.06. The van der Waals surface area contributed by atoms with Crippen molar-refractivity contribution in [2.45, 2.75) is 0 Å². The number of rotatable bonds is 7. The Morgan fingerprint density at radius 3 is 2.10 bits per heavy atom. The smallest absolute Gasteiger partial charge is 0.279 e. The number of non-ortho nitro benzene ring substituents is 1. The van der Waals surface area contributed by atoms with Crippen LogP contribution in [0.3, 0.4) is 0 Å². The molecule has 0 aliphatic heterocycles. The fourth-order valence-corrected chi connectivity index (χ4v) is 2.59. The first kappa shape index (κ1) is 19.4. The fourth-order valence-electron chi connectivity index (χ4n) is 2.59. The molecule has 8 nitrogen and oxygen atoms in total. The zero-order valence-corrected chi connectivity index (χ0v) is 15.1. The molecule has 0 spiro atoms. The quantitative estimate of drug-likeness (QED) is 0.261. The van der Waals surface area contributed by atoms with Crippen LogP contribution in [0.4, 0.5) is 17.1 Å². The summed E-state index contributed by atoms with van der Waals surface area (Å²) in [6, 6.07) is 20.4. The summed E-state index contributed by atoms with van der Waals surface area (Å²) in [5, 5.41) is 26.3. The molecule has 3 aromatic carbocycles. The number of hydrogen-bond acceptors (Lipinski definition) is 6. The lowest BCUT2D eigenvalue weighted by Gasteiger charge is -2.02. The number of nitrogens with one attached hydrogen (secondary N) is 1. The van der Waals surface area contributed by atoms with Gasteiger partial charge < -0.3 is 0 Å². The van der Waals surface area contributed by atoms with E-state index in [4.69, 9.17) is 0 Å². The first-order valence-corrected chi connectivity index (χ1v) is 8.58. The maximum Gasteiger partial charge on any atom is 0.283 e. The number of para-hydroxylation sites is 1. The van der Waals surface area contributed by atoms with E-state index in [0.717, 1.165) is 22.9 Å². The van der Waals surface area contributed by atoms with E-state index in [1.54, 1.807) is 18.4 Å². The molecule has 0 amide bonds. The Morgan fingerprint density at radius 2 is 1.41 bits per heavy atom. The molecule has 0 saturated carbocycles. The molecule has 8 heteroatoms. The summed E-state index contributed by atoms with van der Waals surface area (Å²) < 4.78 is 0. The molecule has 0 aliphatic rings. The fraction of sp³-hybridized carbons (Fsp3) is 0. The number of anilines is 1. The lowest BCUT2D eigenvalue weighted by molar-refractivity contribution is -0.394. The molecule has 29 heavy (non-hydrogen) atoms. The molecule has 3 rings (SSSR count). The standard InChI is InChI=1S/C21H16N4O4/c26-24(27)20-13-12-17(21(14-20)25(28)29)11-10-16-6-4-5-7-18(16)15-22-23-19-8-2-1-3-9-19/h1-15,23H. The second-order valence-corrected chi connectivity index (χ2v) is 5.96. The topological polar surface area (TPSA) is 111 Å². The third-order valence-electron chi connectivity index (χ3n) is 4.03. The molecule has 144 valence electrons. The minimum atomic E-state index is -0.661. The Labute approximate surface area is 166 Å². The van der Waals surface area contributed by atoms with Gasteiger partial charge in [0.2, 0.25) is 0 Å². The van der Waals surface area contributed by atoms with Crippen molar-refractivity contribution in [3.05, 3.63) is 110 Å². The number of hydrazone groups is 1. The normalized spacial score (nSPS) is 11.0. The van der Waals surface area contributed by atoms with Gasteiger partial charge in [-0.3, -0.25) is 25.7 Å². The lowest BCUT2D eigenvalue weighted by atomic mass is 10.1. The molecule has 3 aromatic rings. The van der Waals surface area contributed by atoms with Gasteiger partial charge in [-0.2, -0.15) is 5.10 Å². The van der Waals surface area contributed by atoms with E-state index >= 15 is 0 Å². The minimum absolute atomic E-state index is 0.273. The highest BCUT2D eigenvalue weighted by Gasteiger charge is 2.17. The SMILES string of the molecule is O=[N+]([O-])c1ccc(C=Cc2ccccc2C=NNc2ccccc2)c([N+](=O)[O-])c1. The highest BCUT2D eigenvalue weighted by atomic mass is 16.6. The third kappa shape index (κ3) is 5.10. The summed E-state index contributed by atoms with van der Waals surface area (Å²) in [5.41, 5.74) is 4.99. The van der Waals surface area contributed by atoms with Crippen LogP contribution in [0.2, 0.25) is 0 Å². The monoisotopic (exact) mass is 388 g/mol. The van der Waals surface area contributed by atoms with Crippen molar-refractivity contribution >= 4 is 35.4 Å². The van der Waals surface area contributed by atoms with E-state index in [9.17, 15) is 20.2 Å². The Bertz CT molecular complexity index is 1090. The molecule has 0 fully saturated rings. The third-order valence-corrected chi connectivity index (χ3v) is 4.03. The molecule has 0 radical (unpaired) electrons. The first-order chi connectivity index (χ1) is 14.0. The van der Waals surface area contributed by atoms with Crippen molar-refractivity contribution in [3.8, 4) is 0 Å². The maximum absolute atomic E-state index is 11.3. The molecule has 0 unspecified atom stereocenters. The van der Waals surface area contributed by atoms with Crippen LogP contribution in [-0.4, -0.2) is 16.1 Å². The zero-order valence-electron chi connectivity index (χ0n) is 15.1. The molecule has 0 aromatic heterocycles. The van der Waals surface area contributed by atoms with Gasteiger partial charge in [-0.05, 0) is 29.8 Å². The predicted octanol–water partition coefficient (Wildman–Crippen LogP) is 5.12. The van der Waals surface area contributed by atoms with Crippen LogP contribution in [0.1, 0.15) is 16.7 Å². The van der Waals surface area contributed by atoms with Gasteiger partial charge >= 0.3 is 0 Å². The molecular formula is C21H16N4O4. The Hall–Kier alpha value is -4.33. The van der Waals surface area contributed by atoms with Crippen LogP contribution in [0.15, 0.2) is 77.9 Å². The second-order valence-electron chi connectivity index (χ2n) is 5.96. The van der Waals surface area contributed by atoms with E-state index < -0.39 is 9.85 Å². The van der Waals surface area contributed by atoms with Crippen molar-refractivity contribution in [3.63, 3.8) is 0 Å². The number of nitro benzene ring substituents is 2. The van der Waals surface area contributed by atoms with Crippen LogP contribution in [0.5, 0.6) is 0 Å². The summed E-state index contributed by atoms with van der Waals surface area (Å²) in [4.78, 5) is 20.8. The van der Waals surface area contributed by atoms with E-state index in [2.05, 4.69) is 10.5 Å². The molecule has 1 N–H and O–H groups in total. The molecule has 0 bridgehead atoms. The zero-order chi connectivity index (χ0) is 20.6. The van der Waals surface area contributed by atoms with Crippen LogP contribution in [-0.2, 0) is 0 Å². The summed E-state index contributed by atoms with van der Waals surface area (Å²) in [5.74, 6) is 0. The van der Waals surface area contributed by atoms with Crippen molar-refractivity contribution in [2.24, 2.45) is 5.10 Å². The average molecular weight is 388 g/mol. The maximum atomic E-state index is 11.3. The predicted molar refractivity (Wildman–Crippen MR) is 113 cm³/mol. The van der Waals surface area contributed by atoms with Crippen molar-refractivity contribution in [1.82, 2.24) is 0 Å². The summed E-state index contributed by atoms with van der Waals surface area (Å²) in [6.07, 6.45) is 4.91. The Balaban J connectivity index is 1.85. The van der Waals surface area contributed by atoms with Crippen LogP contribution >= 0.6 is 0 Å². The molecule has 0 aliphatic carbocycles. The van der Waals surface area contributed by atoms with Crippen molar-refractivity contribution in [2.75, 3.05) is 5.43 Å². The summed E-state index contributed by atoms with van der Waals surface area (Å²) >= 11 is 0. The van der Waals surface area contributed by atoms with Gasteiger partial charge in [-0.15, -0.1) is 0 Å². The van der Waals surface area contributed by atoms with E-state index in [0.29, 0.717) is 0 Å². The largest absolute Gasteiger partial charge is 0.283 e. The Morgan fingerprint density at radius 1 is 0.759 bits per heavy atom. The number of nitrogens with zero attached hydrogens (tertiary/aromatic N) is 3. The van der Waals surface area contributed by atoms with Gasteiger partial charge in [0.1, 0.15) is 0 Å². The van der Waals surface area contributed by atoms with E-state index in [-0.39, 0.29) is 16.9 Å². The van der Waals surface area contributed by atoms with Crippen LogP contribution in [0.25, 0.3) is 12.2 Å². The number of benzene rings is 3. The average Bonchev–Trinajstić information content (AvgIpc) is 2.73. The number of nitro groups is 2. The van der Waals surface area contributed by atoms with E-state index in [1.165, 1.54) is 12.1 Å². The molecule has 0 heterocycles. The van der Waals surface area contributed by atoms with Gasteiger partial charge in [-0.25, -0.2) is 0 Å².